The second-order valence-corrected chi connectivity index (χ2v) is 8.05. The second-order valence-electron chi connectivity index (χ2n) is 8.05. The molecule has 1 fully saturated rings. The number of aliphatic hydroxyl groups is 1. The average molecular weight is 441 g/mol. The largest absolute Gasteiger partial charge is 0.465 e. The van der Waals surface area contributed by atoms with E-state index in [1.165, 1.54) is 5.69 Å². The number of fused-ring (bicyclic) bond motifs is 1. The van der Waals surface area contributed by atoms with E-state index in [9.17, 15) is 20.0 Å². The van der Waals surface area contributed by atoms with E-state index in [2.05, 4.69) is 28.9 Å². The first-order chi connectivity index (χ1) is 15.5. The van der Waals surface area contributed by atoms with Gasteiger partial charge in [0.05, 0.1) is 31.4 Å². The molecular formula is C24H32N4O4. The number of nitriles is 1. The Morgan fingerprint density at radius 3 is 2.84 bits per heavy atom. The Morgan fingerprint density at radius 2 is 2.16 bits per heavy atom. The summed E-state index contributed by atoms with van der Waals surface area (Å²) in [5.74, 6) is -0.613. The zero-order chi connectivity index (χ0) is 23.1. The number of benzene rings is 1. The van der Waals surface area contributed by atoms with Crippen molar-refractivity contribution in [3.8, 4) is 6.07 Å². The number of carbonyl (C=O) groups excluding carboxylic acids is 2. The van der Waals surface area contributed by atoms with Crippen LogP contribution in [-0.4, -0.2) is 64.8 Å². The predicted molar refractivity (Wildman–Crippen MR) is 121 cm³/mol. The van der Waals surface area contributed by atoms with E-state index < -0.39 is 12.0 Å². The number of hydrogen-bond donors (Lipinski definition) is 2. The number of hydrogen-bond acceptors (Lipinski definition) is 6. The number of aryl methyl sites for hydroxylation is 2. The quantitative estimate of drug-likeness (QED) is 0.547. The third-order valence-corrected chi connectivity index (χ3v) is 6.11. The summed E-state index contributed by atoms with van der Waals surface area (Å²) in [6.07, 6.45) is 3.49. The minimum absolute atomic E-state index is 0.0962. The summed E-state index contributed by atoms with van der Waals surface area (Å²) < 4.78 is 7.11. The highest BCUT2D eigenvalue weighted by Gasteiger charge is 2.33. The summed E-state index contributed by atoms with van der Waals surface area (Å²) in [5.41, 5.74) is 2.90. The third-order valence-electron chi connectivity index (χ3n) is 6.11. The monoisotopic (exact) mass is 440 g/mol. The van der Waals surface area contributed by atoms with Gasteiger partial charge in [0.1, 0.15) is 6.04 Å². The van der Waals surface area contributed by atoms with E-state index in [1.807, 2.05) is 23.1 Å². The van der Waals surface area contributed by atoms with Gasteiger partial charge < -0.3 is 19.3 Å². The maximum absolute atomic E-state index is 13.0. The van der Waals surface area contributed by atoms with Gasteiger partial charge in [-0.3, -0.25) is 14.9 Å². The number of rotatable bonds is 10. The molecule has 0 bridgehead atoms. The molecule has 2 aromatic rings. The van der Waals surface area contributed by atoms with Crippen LogP contribution in [0.15, 0.2) is 24.3 Å². The number of esters is 1. The fourth-order valence-corrected chi connectivity index (χ4v) is 4.55. The molecule has 1 aromatic carbocycles. The van der Waals surface area contributed by atoms with Crippen molar-refractivity contribution in [3.05, 3.63) is 35.5 Å². The van der Waals surface area contributed by atoms with Crippen LogP contribution in [0.1, 0.15) is 44.4 Å². The minimum Gasteiger partial charge on any atom is -0.465 e. The normalized spacial score (nSPS) is 16.8. The molecule has 1 aromatic heterocycles. The highest BCUT2D eigenvalue weighted by molar-refractivity contribution is 5.84. The van der Waals surface area contributed by atoms with E-state index in [4.69, 9.17) is 4.74 Å². The molecule has 1 aliphatic heterocycles. The minimum atomic E-state index is -0.813. The van der Waals surface area contributed by atoms with Crippen LogP contribution in [0.4, 0.5) is 0 Å². The maximum atomic E-state index is 13.0. The number of carbonyl (C=O) groups is 2. The highest BCUT2D eigenvalue weighted by Crippen LogP contribution is 2.26. The molecule has 32 heavy (non-hydrogen) atoms. The van der Waals surface area contributed by atoms with E-state index in [0.29, 0.717) is 12.1 Å². The van der Waals surface area contributed by atoms with Crippen molar-refractivity contribution >= 4 is 22.8 Å². The Morgan fingerprint density at radius 1 is 1.34 bits per heavy atom. The van der Waals surface area contributed by atoms with Crippen LogP contribution in [0.3, 0.4) is 0 Å². The third kappa shape index (κ3) is 5.29. The molecule has 1 saturated heterocycles. The van der Waals surface area contributed by atoms with Crippen molar-refractivity contribution in [2.75, 3.05) is 26.3 Å². The van der Waals surface area contributed by atoms with Gasteiger partial charge in [-0.15, -0.1) is 0 Å². The lowest BCUT2D eigenvalue weighted by atomic mass is 10.1. The topological polar surface area (TPSA) is 108 Å². The van der Waals surface area contributed by atoms with Crippen LogP contribution in [0, 0.1) is 11.3 Å². The number of nitrogens with zero attached hydrogens (tertiary/aromatic N) is 3. The lowest BCUT2D eigenvalue weighted by Gasteiger charge is -2.28. The fraction of sp³-hybridized carbons (Fsp3) is 0.542. The molecule has 2 N–H and O–H groups in total. The summed E-state index contributed by atoms with van der Waals surface area (Å²) in [6.45, 7) is 5.08. The second kappa shape index (κ2) is 11.1. The molecule has 1 aliphatic rings. The molecule has 1 unspecified atom stereocenters. The molecule has 2 heterocycles. The van der Waals surface area contributed by atoms with Gasteiger partial charge in [-0.05, 0) is 63.1 Å². The lowest BCUT2D eigenvalue weighted by Crippen LogP contribution is -2.51. The van der Waals surface area contributed by atoms with Gasteiger partial charge in [0.25, 0.3) is 0 Å². The number of amides is 1. The molecule has 3 rings (SSSR count). The standard InChI is InChI=1S/C24H32N4O4/c1-3-27-20(13-18-8-7-17(14-25)12-22(18)27)10-9-19-6-5-11-28(19)24(31)21(16-29)26-15-23(30)32-4-2/h7-8,12-13,19,21,26,29H,3-6,9-11,15-16H2,1-2H3/t19?,21-/m1/s1. The Kier molecular flexibility index (Phi) is 8.26. The SMILES string of the molecule is CCOC(=O)CN[C@H](CO)C(=O)N1CCCC1CCc1cc2ccc(C#N)cc2n1CC. The number of aromatic nitrogens is 1. The van der Waals surface area contributed by atoms with Crippen molar-refractivity contribution in [2.45, 2.75) is 58.2 Å². The lowest BCUT2D eigenvalue weighted by molar-refractivity contribution is -0.142. The first-order valence-electron chi connectivity index (χ1n) is 11.3. The Labute approximate surface area is 188 Å². The summed E-state index contributed by atoms with van der Waals surface area (Å²) in [5, 5.41) is 22.8. The van der Waals surface area contributed by atoms with Crippen molar-refractivity contribution in [1.29, 1.82) is 5.26 Å². The van der Waals surface area contributed by atoms with Gasteiger partial charge in [0, 0.05) is 30.3 Å². The van der Waals surface area contributed by atoms with Crippen LogP contribution in [0.2, 0.25) is 0 Å². The van der Waals surface area contributed by atoms with Crippen molar-refractivity contribution in [1.82, 2.24) is 14.8 Å². The average Bonchev–Trinajstić information content (AvgIpc) is 3.41. The molecule has 1 amide bonds. The van der Waals surface area contributed by atoms with Crippen molar-refractivity contribution in [3.63, 3.8) is 0 Å². The Balaban J connectivity index is 1.66. The Hall–Kier alpha value is -2.89. The molecule has 172 valence electrons. The van der Waals surface area contributed by atoms with Gasteiger partial charge in [0.15, 0.2) is 0 Å². The Bertz CT molecular complexity index is 994. The maximum Gasteiger partial charge on any atom is 0.319 e. The van der Waals surface area contributed by atoms with Crippen molar-refractivity contribution in [2.24, 2.45) is 0 Å². The molecule has 0 spiro atoms. The summed E-state index contributed by atoms with van der Waals surface area (Å²) in [7, 11) is 0. The fourth-order valence-electron chi connectivity index (χ4n) is 4.55. The molecule has 2 atom stereocenters. The van der Waals surface area contributed by atoms with Gasteiger partial charge in [-0.2, -0.15) is 5.26 Å². The summed E-state index contributed by atoms with van der Waals surface area (Å²) in [6, 6.07) is 9.39. The molecule has 8 nitrogen and oxygen atoms in total. The van der Waals surface area contributed by atoms with Gasteiger partial charge in [-0.1, -0.05) is 6.07 Å². The molecule has 0 saturated carbocycles. The van der Waals surface area contributed by atoms with Crippen LogP contribution >= 0.6 is 0 Å². The van der Waals surface area contributed by atoms with E-state index >= 15 is 0 Å². The van der Waals surface area contributed by atoms with E-state index in [1.54, 1.807) is 6.92 Å². The van der Waals surface area contributed by atoms with Crippen LogP contribution in [-0.2, 0) is 27.3 Å². The number of nitrogens with one attached hydrogen (secondary N) is 1. The first kappa shape index (κ1) is 23.8. The predicted octanol–water partition coefficient (Wildman–Crippen LogP) is 1.97. The van der Waals surface area contributed by atoms with E-state index in [-0.39, 0.29) is 31.7 Å². The van der Waals surface area contributed by atoms with Gasteiger partial charge in [0.2, 0.25) is 5.91 Å². The zero-order valence-electron chi connectivity index (χ0n) is 18.8. The van der Waals surface area contributed by atoms with Gasteiger partial charge >= 0.3 is 5.97 Å². The molecule has 0 aliphatic carbocycles. The number of likely N-dealkylation sites (tertiary alicyclic amines) is 1. The van der Waals surface area contributed by atoms with Crippen LogP contribution in [0.25, 0.3) is 10.9 Å². The van der Waals surface area contributed by atoms with Crippen LogP contribution < -0.4 is 5.32 Å². The zero-order valence-corrected chi connectivity index (χ0v) is 18.8. The molecule has 0 radical (unpaired) electrons. The van der Waals surface area contributed by atoms with Gasteiger partial charge in [-0.25, -0.2) is 0 Å². The van der Waals surface area contributed by atoms with Crippen molar-refractivity contribution < 1.29 is 19.4 Å². The highest BCUT2D eigenvalue weighted by atomic mass is 16.5. The van der Waals surface area contributed by atoms with Crippen LogP contribution in [0.5, 0.6) is 0 Å². The molecule has 8 heteroatoms. The molecular weight excluding hydrogens is 408 g/mol. The first-order valence-corrected chi connectivity index (χ1v) is 11.3. The number of aliphatic hydroxyl groups excluding tert-OH is 1. The van der Waals surface area contributed by atoms with E-state index in [0.717, 1.165) is 43.1 Å². The smallest absolute Gasteiger partial charge is 0.319 e. The summed E-state index contributed by atoms with van der Waals surface area (Å²) in [4.78, 5) is 26.5. The number of ether oxygens (including phenoxy) is 1. The summed E-state index contributed by atoms with van der Waals surface area (Å²) >= 11 is 0.